The van der Waals surface area contributed by atoms with Crippen LogP contribution in [0.25, 0.3) is 11.1 Å². The SMILES string of the molecule is O=C1NC(Cc2ccc(OCc3cccc(-c4ccccc4)c3)cc2)C(=O)S1. The van der Waals surface area contributed by atoms with E-state index in [0.29, 0.717) is 13.0 Å². The Hall–Kier alpha value is -3.05. The highest BCUT2D eigenvalue weighted by atomic mass is 32.2. The zero-order chi connectivity index (χ0) is 19.3. The van der Waals surface area contributed by atoms with Gasteiger partial charge < -0.3 is 10.1 Å². The molecule has 1 aliphatic rings. The fourth-order valence-corrected chi connectivity index (χ4v) is 3.79. The molecule has 140 valence electrons. The van der Waals surface area contributed by atoms with Crippen LogP contribution in [0.15, 0.2) is 78.9 Å². The summed E-state index contributed by atoms with van der Waals surface area (Å²) in [7, 11) is 0. The maximum Gasteiger partial charge on any atom is 0.287 e. The molecule has 1 aliphatic heterocycles. The Bertz CT molecular complexity index is 986. The van der Waals surface area contributed by atoms with Gasteiger partial charge in [-0.2, -0.15) is 0 Å². The number of rotatable bonds is 6. The molecule has 1 saturated heterocycles. The van der Waals surface area contributed by atoms with Crippen LogP contribution in [-0.2, 0) is 17.8 Å². The van der Waals surface area contributed by atoms with E-state index in [1.807, 2.05) is 54.6 Å². The lowest BCUT2D eigenvalue weighted by atomic mass is 10.0. The van der Waals surface area contributed by atoms with Crippen molar-refractivity contribution in [1.29, 1.82) is 0 Å². The van der Waals surface area contributed by atoms with E-state index in [4.69, 9.17) is 4.74 Å². The number of amides is 1. The minimum atomic E-state index is -0.440. The van der Waals surface area contributed by atoms with Crippen LogP contribution >= 0.6 is 11.8 Å². The number of ether oxygens (including phenoxy) is 1. The molecule has 1 amide bonds. The second-order valence-corrected chi connectivity index (χ2v) is 7.59. The van der Waals surface area contributed by atoms with Crippen LogP contribution in [0.1, 0.15) is 11.1 Å². The molecule has 4 rings (SSSR count). The molecule has 28 heavy (non-hydrogen) atoms. The molecule has 0 bridgehead atoms. The summed E-state index contributed by atoms with van der Waals surface area (Å²) >= 11 is 0.743. The van der Waals surface area contributed by atoms with Crippen molar-refractivity contribution in [2.45, 2.75) is 19.1 Å². The number of hydrogen-bond donors (Lipinski definition) is 1. The topological polar surface area (TPSA) is 55.4 Å². The molecule has 0 saturated carbocycles. The molecule has 0 spiro atoms. The van der Waals surface area contributed by atoms with Crippen molar-refractivity contribution in [3.8, 4) is 16.9 Å². The zero-order valence-electron chi connectivity index (χ0n) is 15.1. The molecule has 4 nitrogen and oxygen atoms in total. The molecule has 1 atom stereocenters. The van der Waals surface area contributed by atoms with Gasteiger partial charge in [-0.05, 0) is 40.5 Å². The van der Waals surface area contributed by atoms with Gasteiger partial charge in [-0.15, -0.1) is 0 Å². The van der Waals surface area contributed by atoms with E-state index in [0.717, 1.165) is 34.2 Å². The Morgan fingerprint density at radius 1 is 0.821 bits per heavy atom. The van der Waals surface area contributed by atoms with Gasteiger partial charge in [0.2, 0.25) is 5.12 Å². The van der Waals surface area contributed by atoms with Crippen LogP contribution in [0.4, 0.5) is 4.79 Å². The quantitative estimate of drug-likeness (QED) is 0.656. The van der Waals surface area contributed by atoms with Gasteiger partial charge in [0.15, 0.2) is 0 Å². The molecule has 5 heteroatoms. The predicted octanol–water partition coefficient (Wildman–Crippen LogP) is 4.83. The number of benzene rings is 3. The Morgan fingerprint density at radius 2 is 1.57 bits per heavy atom. The van der Waals surface area contributed by atoms with Crippen LogP contribution in [-0.4, -0.2) is 16.4 Å². The molecule has 3 aromatic carbocycles. The fourth-order valence-electron chi connectivity index (χ4n) is 3.12. The van der Waals surface area contributed by atoms with Crippen molar-refractivity contribution in [3.05, 3.63) is 90.0 Å². The highest BCUT2D eigenvalue weighted by Gasteiger charge is 2.31. The predicted molar refractivity (Wildman–Crippen MR) is 111 cm³/mol. The van der Waals surface area contributed by atoms with Crippen molar-refractivity contribution in [1.82, 2.24) is 5.32 Å². The van der Waals surface area contributed by atoms with E-state index in [9.17, 15) is 9.59 Å². The summed E-state index contributed by atoms with van der Waals surface area (Å²) in [6.07, 6.45) is 0.497. The van der Waals surface area contributed by atoms with E-state index < -0.39 is 6.04 Å². The maximum absolute atomic E-state index is 11.7. The number of carbonyl (C=O) groups is 2. The first-order valence-electron chi connectivity index (χ1n) is 9.06. The fraction of sp³-hybridized carbons (Fsp3) is 0.130. The first kappa shape index (κ1) is 18.3. The highest BCUT2D eigenvalue weighted by Crippen LogP contribution is 2.22. The van der Waals surface area contributed by atoms with Gasteiger partial charge in [-0.1, -0.05) is 60.7 Å². The molecule has 1 heterocycles. The third-order valence-corrected chi connectivity index (χ3v) is 5.36. The van der Waals surface area contributed by atoms with Gasteiger partial charge in [0, 0.05) is 18.2 Å². The first-order chi connectivity index (χ1) is 13.7. The Labute approximate surface area is 167 Å². The van der Waals surface area contributed by atoms with Gasteiger partial charge in [0.05, 0.1) is 0 Å². The Morgan fingerprint density at radius 3 is 2.29 bits per heavy atom. The van der Waals surface area contributed by atoms with Crippen molar-refractivity contribution in [2.24, 2.45) is 0 Å². The summed E-state index contributed by atoms with van der Waals surface area (Å²) in [6.45, 7) is 0.480. The lowest BCUT2D eigenvalue weighted by Gasteiger charge is -2.10. The molecule has 0 radical (unpaired) electrons. The Balaban J connectivity index is 1.36. The summed E-state index contributed by atoms with van der Waals surface area (Å²) in [5.41, 5.74) is 4.43. The van der Waals surface area contributed by atoms with Crippen LogP contribution in [0.5, 0.6) is 5.75 Å². The summed E-state index contributed by atoms with van der Waals surface area (Å²) in [5.74, 6) is 0.769. The van der Waals surface area contributed by atoms with E-state index >= 15 is 0 Å². The molecule has 0 aliphatic carbocycles. The summed E-state index contributed by atoms with van der Waals surface area (Å²) < 4.78 is 5.91. The van der Waals surface area contributed by atoms with Crippen LogP contribution in [0, 0.1) is 0 Å². The van der Waals surface area contributed by atoms with Gasteiger partial charge in [0.1, 0.15) is 18.4 Å². The van der Waals surface area contributed by atoms with Crippen LogP contribution in [0.3, 0.4) is 0 Å². The number of thioether (sulfide) groups is 1. The minimum absolute atomic E-state index is 0.122. The normalized spacial score (nSPS) is 16.1. The standard InChI is InChI=1S/C23H19NO3S/c25-22-21(24-23(26)28-22)14-16-9-11-20(12-10-16)27-15-17-5-4-8-19(13-17)18-6-2-1-3-7-18/h1-13,21H,14-15H2,(H,24,26). The minimum Gasteiger partial charge on any atom is -0.489 e. The second-order valence-electron chi connectivity index (χ2n) is 6.61. The Kier molecular flexibility index (Phi) is 5.44. The van der Waals surface area contributed by atoms with Crippen molar-refractivity contribution in [3.63, 3.8) is 0 Å². The van der Waals surface area contributed by atoms with Gasteiger partial charge in [-0.25, -0.2) is 0 Å². The van der Waals surface area contributed by atoms with E-state index in [1.165, 1.54) is 5.56 Å². The smallest absolute Gasteiger partial charge is 0.287 e. The zero-order valence-corrected chi connectivity index (χ0v) is 15.9. The van der Waals surface area contributed by atoms with E-state index in [-0.39, 0.29) is 10.4 Å². The summed E-state index contributed by atoms with van der Waals surface area (Å²) in [5, 5.41) is 2.28. The largest absolute Gasteiger partial charge is 0.489 e. The molecule has 1 N–H and O–H groups in total. The molecule has 0 aromatic heterocycles. The first-order valence-corrected chi connectivity index (χ1v) is 9.87. The summed E-state index contributed by atoms with van der Waals surface area (Å²) in [6, 6.07) is 25.8. The number of hydrogen-bond acceptors (Lipinski definition) is 4. The molecule has 1 fully saturated rings. The third kappa shape index (κ3) is 4.43. The highest BCUT2D eigenvalue weighted by molar-refractivity contribution is 8.26. The van der Waals surface area contributed by atoms with Gasteiger partial charge in [-0.3, -0.25) is 9.59 Å². The molecular formula is C23H19NO3S. The molecule has 1 unspecified atom stereocenters. The lowest BCUT2D eigenvalue weighted by Crippen LogP contribution is -2.30. The van der Waals surface area contributed by atoms with Crippen LogP contribution < -0.4 is 10.1 Å². The van der Waals surface area contributed by atoms with Gasteiger partial charge in [0.25, 0.3) is 5.24 Å². The maximum atomic E-state index is 11.7. The van der Waals surface area contributed by atoms with Crippen molar-refractivity contribution in [2.75, 3.05) is 0 Å². The third-order valence-electron chi connectivity index (χ3n) is 4.57. The molecular weight excluding hydrogens is 370 g/mol. The second kappa shape index (κ2) is 8.31. The lowest BCUT2D eigenvalue weighted by molar-refractivity contribution is -0.112. The monoisotopic (exact) mass is 389 g/mol. The number of carbonyl (C=O) groups excluding carboxylic acids is 2. The average Bonchev–Trinajstić information content (AvgIpc) is 3.05. The van der Waals surface area contributed by atoms with E-state index in [1.54, 1.807) is 0 Å². The average molecular weight is 389 g/mol. The number of nitrogens with one attached hydrogen (secondary N) is 1. The summed E-state index contributed by atoms with van der Waals surface area (Å²) in [4.78, 5) is 23.0. The van der Waals surface area contributed by atoms with E-state index in [2.05, 4.69) is 29.6 Å². The van der Waals surface area contributed by atoms with Gasteiger partial charge >= 0.3 is 0 Å². The van der Waals surface area contributed by atoms with Crippen molar-refractivity contribution >= 4 is 22.1 Å². The van der Waals surface area contributed by atoms with Crippen LogP contribution in [0.2, 0.25) is 0 Å². The molecule has 3 aromatic rings. The van der Waals surface area contributed by atoms with Crippen molar-refractivity contribution < 1.29 is 14.3 Å².